The second kappa shape index (κ2) is 7.36. The Kier molecular flexibility index (Phi) is 4.59. The molecule has 2 heterocycles. The Morgan fingerprint density at radius 2 is 2.00 bits per heavy atom. The summed E-state index contributed by atoms with van der Waals surface area (Å²) in [4.78, 5) is 20.6. The topological polar surface area (TPSA) is 94.5 Å². The van der Waals surface area contributed by atoms with Gasteiger partial charge in [0, 0.05) is 18.0 Å². The van der Waals surface area contributed by atoms with Crippen molar-refractivity contribution in [1.82, 2.24) is 14.4 Å². The molecule has 0 aliphatic carbocycles. The molecule has 2 aromatic heterocycles. The third-order valence-electron chi connectivity index (χ3n) is 4.06. The molecule has 3 N–H and O–H groups in total. The van der Waals surface area contributed by atoms with Gasteiger partial charge in [-0.1, -0.05) is 30.3 Å². The minimum Gasteiger partial charge on any atom is -0.444 e. The number of rotatable bonds is 4. The summed E-state index contributed by atoms with van der Waals surface area (Å²) in [6.45, 7) is 0.170. The summed E-state index contributed by atoms with van der Waals surface area (Å²) in [5.74, 6) is -0.0489. The van der Waals surface area contributed by atoms with Crippen LogP contribution in [0.5, 0.6) is 0 Å². The Morgan fingerprint density at radius 3 is 2.79 bits per heavy atom. The first-order valence-electron chi connectivity index (χ1n) is 8.46. The number of benzene rings is 2. The number of nitrogens with zero attached hydrogens (tertiary/aromatic N) is 3. The normalized spacial score (nSPS) is 10.8. The molecule has 0 saturated heterocycles. The average molecular weight is 377 g/mol. The van der Waals surface area contributed by atoms with Crippen LogP contribution in [0.3, 0.4) is 0 Å². The Bertz CT molecular complexity index is 1140. The minimum atomic E-state index is -0.586. The van der Waals surface area contributed by atoms with Crippen molar-refractivity contribution in [2.45, 2.75) is 6.61 Å². The monoisotopic (exact) mass is 377 g/mol. The number of aromatic nitrogens is 3. The van der Waals surface area contributed by atoms with E-state index < -0.39 is 11.9 Å². The maximum Gasteiger partial charge on any atom is 0.412 e. The molecule has 1 amide bonds. The van der Waals surface area contributed by atoms with Crippen LogP contribution in [0.25, 0.3) is 17.0 Å². The molecule has 0 unspecified atom stereocenters. The zero-order valence-electron chi connectivity index (χ0n) is 14.7. The van der Waals surface area contributed by atoms with Crippen molar-refractivity contribution in [3.05, 3.63) is 78.5 Å². The molecule has 4 rings (SSSR count). The quantitative estimate of drug-likeness (QED) is 0.527. The third kappa shape index (κ3) is 3.75. The maximum atomic E-state index is 13.3. The van der Waals surface area contributed by atoms with Crippen LogP contribution in [0.1, 0.15) is 5.56 Å². The van der Waals surface area contributed by atoms with E-state index >= 15 is 0 Å². The fourth-order valence-electron chi connectivity index (χ4n) is 2.67. The number of ether oxygens (including phenoxy) is 1. The summed E-state index contributed by atoms with van der Waals surface area (Å²) in [7, 11) is 0. The van der Waals surface area contributed by atoms with Crippen LogP contribution in [0, 0.1) is 5.82 Å². The smallest absolute Gasteiger partial charge is 0.412 e. The zero-order chi connectivity index (χ0) is 19.5. The largest absolute Gasteiger partial charge is 0.444 e. The van der Waals surface area contributed by atoms with Crippen molar-refractivity contribution in [3.8, 4) is 11.3 Å². The van der Waals surface area contributed by atoms with Gasteiger partial charge >= 0.3 is 6.09 Å². The predicted octanol–water partition coefficient (Wildman–Crippen LogP) is 3.87. The molecule has 0 aliphatic rings. The van der Waals surface area contributed by atoms with E-state index in [0.29, 0.717) is 22.7 Å². The molecule has 0 bridgehead atoms. The van der Waals surface area contributed by atoms with Crippen LogP contribution >= 0.6 is 0 Å². The highest BCUT2D eigenvalue weighted by molar-refractivity contribution is 5.84. The molecule has 140 valence electrons. The molecule has 0 radical (unpaired) electrons. The second-order valence-electron chi connectivity index (χ2n) is 6.10. The first-order valence-corrected chi connectivity index (χ1v) is 8.46. The van der Waals surface area contributed by atoms with Crippen molar-refractivity contribution >= 4 is 23.2 Å². The van der Waals surface area contributed by atoms with Gasteiger partial charge in [-0.15, -0.1) is 0 Å². The van der Waals surface area contributed by atoms with Gasteiger partial charge < -0.3 is 10.5 Å². The number of imidazole rings is 1. The van der Waals surface area contributed by atoms with E-state index in [4.69, 9.17) is 10.5 Å². The summed E-state index contributed by atoms with van der Waals surface area (Å²) < 4.78 is 20.2. The minimum absolute atomic E-state index is 0.0473. The Labute approximate surface area is 159 Å². The van der Waals surface area contributed by atoms with E-state index in [2.05, 4.69) is 15.3 Å². The van der Waals surface area contributed by atoms with Gasteiger partial charge in [0.1, 0.15) is 12.4 Å². The van der Waals surface area contributed by atoms with E-state index in [0.717, 1.165) is 5.56 Å². The van der Waals surface area contributed by atoms with Crippen LogP contribution in [-0.2, 0) is 11.3 Å². The average Bonchev–Trinajstić information content (AvgIpc) is 3.13. The van der Waals surface area contributed by atoms with Crippen molar-refractivity contribution in [2.75, 3.05) is 11.1 Å². The number of carbonyl (C=O) groups excluding carboxylic acids is 1. The summed E-state index contributed by atoms with van der Waals surface area (Å²) >= 11 is 0. The van der Waals surface area contributed by atoms with Crippen molar-refractivity contribution < 1.29 is 13.9 Å². The number of hydrogen-bond donors (Lipinski definition) is 2. The van der Waals surface area contributed by atoms with Gasteiger partial charge in [-0.25, -0.2) is 19.2 Å². The lowest BCUT2D eigenvalue weighted by Crippen LogP contribution is -2.14. The third-order valence-corrected chi connectivity index (χ3v) is 4.06. The van der Waals surface area contributed by atoms with Gasteiger partial charge in [0.25, 0.3) is 0 Å². The standard InChI is InChI=1S/C20H16FN5O2/c21-16-7-6-14(8-17(16)22)18-11-26-10-15(9-23-19(26)25-18)24-20(27)28-12-13-4-2-1-3-5-13/h1-11H,12,22H2,(H,24,27). The molecule has 0 saturated carbocycles. The van der Waals surface area contributed by atoms with Crippen molar-refractivity contribution in [2.24, 2.45) is 0 Å². The van der Waals surface area contributed by atoms with Crippen molar-refractivity contribution in [1.29, 1.82) is 0 Å². The summed E-state index contributed by atoms with van der Waals surface area (Å²) in [5.41, 5.74) is 8.26. The maximum absolute atomic E-state index is 13.3. The molecular weight excluding hydrogens is 361 g/mol. The predicted molar refractivity (Wildman–Crippen MR) is 103 cm³/mol. The van der Waals surface area contributed by atoms with Crippen LogP contribution in [-0.4, -0.2) is 20.5 Å². The fourth-order valence-corrected chi connectivity index (χ4v) is 2.67. The lowest BCUT2D eigenvalue weighted by atomic mass is 10.1. The number of carbonyl (C=O) groups is 1. The molecule has 28 heavy (non-hydrogen) atoms. The van der Waals surface area contributed by atoms with E-state index in [1.165, 1.54) is 18.3 Å². The van der Waals surface area contributed by atoms with Crippen LogP contribution in [0.15, 0.2) is 67.1 Å². The van der Waals surface area contributed by atoms with Gasteiger partial charge in [0.2, 0.25) is 5.78 Å². The Balaban J connectivity index is 1.48. The Morgan fingerprint density at radius 1 is 1.18 bits per heavy atom. The highest BCUT2D eigenvalue weighted by Gasteiger charge is 2.10. The number of hydrogen-bond acceptors (Lipinski definition) is 5. The molecular formula is C20H16FN5O2. The van der Waals surface area contributed by atoms with E-state index in [-0.39, 0.29) is 12.3 Å². The lowest BCUT2D eigenvalue weighted by molar-refractivity contribution is 0.155. The SMILES string of the molecule is Nc1cc(-c2cn3cc(NC(=O)OCc4ccccc4)cnc3n2)ccc1F. The molecule has 0 spiro atoms. The molecule has 7 nitrogen and oxygen atoms in total. The molecule has 8 heteroatoms. The Hall–Kier alpha value is -3.94. The summed E-state index contributed by atoms with van der Waals surface area (Å²) in [6, 6.07) is 13.8. The molecule has 0 fully saturated rings. The van der Waals surface area contributed by atoms with Gasteiger partial charge in [-0.2, -0.15) is 0 Å². The molecule has 0 aliphatic heterocycles. The molecule has 0 atom stereocenters. The number of amides is 1. The fraction of sp³-hybridized carbons (Fsp3) is 0.0500. The van der Waals surface area contributed by atoms with E-state index in [1.54, 1.807) is 22.9 Å². The first-order chi connectivity index (χ1) is 13.6. The number of nitrogens with one attached hydrogen (secondary N) is 1. The highest BCUT2D eigenvalue weighted by Crippen LogP contribution is 2.23. The number of nitrogen functional groups attached to an aromatic ring is 1. The molecule has 4 aromatic rings. The summed E-state index contributed by atoms with van der Waals surface area (Å²) in [6.07, 6.45) is 4.27. The molecule has 2 aromatic carbocycles. The second-order valence-corrected chi connectivity index (χ2v) is 6.10. The van der Waals surface area contributed by atoms with E-state index in [1.807, 2.05) is 30.3 Å². The van der Waals surface area contributed by atoms with Gasteiger partial charge in [0.15, 0.2) is 0 Å². The van der Waals surface area contributed by atoms with Crippen LogP contribution in [0.4, 0.5) is 20.6 Å². The summed E-state index contributed by atoms with van der Waals surface area (Å²) in [5, 5.41) is 2.63. The number of nitrogens with two attached hydrogens (primary N) is 1. The van der Waals surface area contributed by atoms with Gasteiger partial charge in [0.05, 0.1) is 23.3 Å². The van der Waals surface area contributed by atoms with Crippen LogP contribution in [0.2, 0.25) is 0 Å². The zero-order valence-corrected chi connectivity index (χ0v) is 14.7. The number of fused-ring (bicyclic) bond motifs is 1. The van der Waals surface area contributed by atoms with E-state index in [9.17, 15) is 9.18 Å². The number of anilines is 2. The first kappa shape index (κ1) is 17.5. The van der Waals surface area contributed by atoms with Crippen LogP contribution < -0.4 is 11.1 Å². The lowest BCUT2D eigenvalue weighted by Gasteiger charge is -2.07. The van der Waals surface area contributed by atoms with Gasteiger partial charge in [-0.05, 0) is 23.8 Å². The van der Waals surface area contributed by atoms with Crippen molar-refractivity contribution in [3.63, 3.8) is 0 Å². The van der Waals surface area contributed by atoms with Gasteiger partial charge in [-0.3, -0.25) is 9.72 Å². The number of halogens is 1. The highest BCUT2D eigenvalue weighted by atomic mass is 19.1.